The molecule has 1 rings (SSSR count). The fourth-order valence-corrected chi connectivity index (χ4v) is 4.64. The first-order chi connectivity index (χ1) is 15.9. The molecule has 0 amide bonds. The van der Waals surface area contributed by atoms with E-state index in [1.165, 1.54) is 44.9 Å². The van der Waals surface area contributed by atoms with Crippen molar-refractivity contribution >= 4 is 11.9 Å². The van der Waals surface area contributed by atoms with E-state index in [-0.39, 0.29) is 12.5 Å². The molecule has 33 heavy (non-hydrogen) atoms. The molecule has 1 heterocycles. The predicted molar refractivity (Wildman–Crippen MR) is 134 cm³/mol. The summed E-state index contributed by atoms with van der Waals surface area (Å²) < 4.78 is 11.5. The Bertz CT molecular complexity index is 532. The Labute approximate surface area is 203 Å². The summed E-state index contributed by atoms with van der Waals surface area (Å²) in [6.45, 7) is 8.47. The molecule has 1 N–H and O–H groups in total. The standard InChI is InChI=1S/C28H52O5/c1-5-7-9-11-12-13-14-15-16-18-24-22-25(29)28(27(31)32-24,21-17-10-8-6-2)33-26(30)20-19-23(3)4/h23-25,29H,5-22H2,1-4H3/t24-,25-,28-/m0/s1. The lowest BCUT2D eigenvalue weighted by Crippen LogP contribution is -2.59. The van der Waals surface area contributed by atoms with Crippen LogP contribution >= 0.6 is 0 Å². The van der Waals surface area contributed by atoms with Crippen LogP contribution in [0.2, 0.25) is 0 Å². The van der Waals surface area contributed by atoms with Crippen LogP contribution in [0.5, 0.6) is 0 Å². The third-order valence-electron chi connectivity index (χ3n) is 6.90. The van der Waals surface area contributed by atoms with Crippen LogP contribution in [0.1, 0.15) is 143 Å². The molecule has 1 saturated heterocycles. The van der Waals surface area contributed by atoms with Crippen molar-refractivity contribution in [1.29, 1.82) is 0 Å². The Morgan fingerprint density at radius 3 is 2.06 bits per heavy atom. The minimum atomic E-state index is -1.53. The number of hydrogen-bond acceptors (Lipinski definition) is 5. The molecule has 0 aromatic rings. The van der Waals surface area contributed by atoms with Crippen molar-refractivity contribution in [2.45, 2.75) is 161 Å². The lowest BCUT2D eigenvalue weighted by Gasteiger charge is -2.41. The molecule has 0 aromatic carbocycles. The van der Waals surface area contributed by atoms with E-state index >= 15 is 0 Å². The van der Waals surface area contributed by atoms with E-state index in [9.17, 15) is 14.7 Å². The van der Waals surface area contributed by atoms with Crippen LogP contribution in [0.3, 0.4) is 0 Å². The summed E-state index contributed by atoms with van der Waals surface area (Å²) in [5.41, 5.74) is -1.53. The molecule has 0 saturated carbocycles. The SMILES string of the molecule is CCCCCCCCCCC[C@H]1C[C@H](O)[C@](CCCCCC)(OC(=O)CCC(C)C)C(=O)O1. The number of aliphatic hydroxyl groups is 1. The van der Waals surface area contributed by atoms with Crippen LogP contribution < -0.4 is 0 Å². The zero-order chi connectivity index (χ0) is 24.5. The average Bonchev–Trinajstić information content (AvgIpc) is 2.77. The molecule has 0 unspecified atom stereocenters. The highest BCUT2D eigenvalue weighted by Crippen LogP contribution is 2.35. The van der Waals surface area contributed by atoms with Gasteiger partial charge in [-0.15, -0.1) is 0 Å². The van der Waals surface area contributed by atoms with E-state index in [1.54, 1.807) is 0 Å². The van der Waals surface area contributed by atoms with Crippen molar-refractivity contribution in [3.05, 3.63) is 0 Å². The van der Waals surface area contributed by atoms with Crippen molar-refractivity contribution in [2.24, 2.45) is 5.92 Å². The summed E-state index contributed by atoms with van der Waals surface area (Å²) in [5.74, 6) is -0.578. The second-order valence-corrected chi connectivity index (χ2v) is 10.5. The Morgan fingerprint density at radius 2 is 1.52 bits per heavy atom. The van der Waals surface area contributed by atoms with Crippen LogP contribution in [0.4, 0.5) is 0 Å². The highest BCUT2D eigenvalue weighted by Gasteiger charge is 2.54. The summed E-state index contributed by atoms with van der Waals surface area (Å²) in [6.07, 6.45) is 16.2. The zero-order valence-electron chi connectivity index (χ0n) is 22.0. The molecule has 5 nitrogen and oxygen atoms in total. The summed E-state index contributed by atoms with van der Waals surface area (Å²) >= 11 is 0. The topological polar surface area (TPSA) is 72.8 Å². The average molecular weight is 469 g/mol. The van der Waals surface area contributed by atoms with Crippen molar-refractivity contribution in [1.82, 2.24) is 0 Å². The van der Waals surface area contributed by atoms with Gasteiger partial charge in [0.05, 0.1) is 0 Å². The monoisotopic (exact) mass is 468 g/mol. The number of unbranched alkanes of at least 4 members (excludes halogenated alkanes) is 11. The van der Waals surface area contributed by atoms with E-state index in [0.717, 1.165) is 44.9 Å². The van der Waals surface area contributed by atoms with Gasteiger partial charge in [0.1, 0.15) is 12.2 Å². The number of aliphatic hydroxyl groups excluding tert-OH is 1. The third-order valence-corrected chi connectivity index (χ3v) is 6.90. The number of carbonyl (C=O) groups is 2. The van der Waals surface area contributed by atoms with Gasteiger partial charge >= 0.3 is 11.9 Å². The number of cyclic esters (lactones) is 1. The predicted octanol–water partition coefficient (Wildman–Crippen LogP) is 7.27. The fourth-order valence-electron chi connectivity index (χ4n) is 4.64. The second-order valence-electron chi connectivity index (χ2n) is 10.5. The highest BCUT2D eigenvalue weighted by molar-refractivity contribution is 5.85. The maximum Gasteiger partial charge on any atom is 0.353 e. The molecule has 0 aliphatic carbocycles. The molecule has 194 valence electrons. The summed E-state index contributed by atoms with van der Waals surface area (Å²) in [7, 11) is 0. The minimum Gasteiger partial charge on any atom is -0.459 e. The number of hydrogen-bond donors (Lipinski definition) is 1. The fraction of sp³-hybridized carbons (Fsp3) is 0.929. The Hall–Kier alpha value is -1.10. The lowest BCUT2D eigenvalue weighted by molar-refractivity contribution is -0.218. The lowest BCUT2D eigenvalue weighted by atomic mass is 9.83. The van der Waals surface area contributed by atoms with Crippen molar-refractivity contribution in [3.63, 3.8) is 0 Å². The Morgan fingerprint density at radius 1 is 0.970 bits per heavy atom. The van der Waals surface area contributed by atoms with Gasteiger partial charge in [0.15, 0.2) is 0 Å². The van der Waals surface area contributed by atoms with Gasteiger partial charge in [0.25, 0.3) is 0 Å². The molecular formula is C28H52O5. The van der Waals surface area contributed by atoms with E-state index < -0.39 is 23.6 Å². The number of esters is 2. The summed E-state index contributed by atoms with van der Waals surface area (Å²) in [5, 5.41) is 11.0. The first-order valence-corrected chi connectivity index (χ1v) is 14.0. The minimum absolute atomic E-state index is 0.260. The Balaban J connectivity index is 2.53. The van der Waals surface area contributed by atoms with Crippen LogP contribution in [0.25, 0.3) is 0 Å². The Kier molecular flexibility index (Phi) is 15.7. The molecular weight excluding hydrogens is 416 g/mol. The van der Waals surface area contributed by atoms with Crippen molar-refractivity contribution < 1.29 is 24.2 Å². The van der Waals surface area contributed by atoms with Gasteiger partial charge < -0.3 is 14.6 Å². The molecule has 0 radical (unpaired) electrons. The first kappa shape index (κ1) is 29.9. The van der Waals surface area contributed by atoms with Crippen LogP contribution in [0, 0.1) is 5.92 Å². The van der Waals surface area contributed by atoms with Gasteiger partial charge in [-0.3, -0.25) is 4.79 Å². The van der Waals surface area contributed by atoms with Gasteiger partial charge in [0, 0.05) is 19.3 Å². The van der Waals surface area contributed by atoms with Gasteiger partial charge in [-0.25, -0.2) is 4.79 Å². The molecule has 0 bridgehead atoms. The smallest absolute Gasteiger partial charge is 0.353 e. The molecule has 1 aliphatic rings. The molecule has 5 heteroatoms. The largest absolute Gasteiger partial charge is 0.459 e. The summed E-state index contributed by atoms with van der Waals surface area (Å²) in [4.78, 5) is 25.6. The van der Waals surface area contributed by atoms with Gasteiger partial charge in [-0.2, -0.15) is 0 Å². The quantitative estimate of drug-likeness (QED) is 0.159. The maximum atomic E-state index is 13.1. The van der Waals surface area contributed by atoms with E-state index in [0.29, 0.717) is 25.2 Å². The molecule has 1 fully saturated rings. The zero-order valence-corrected chi connectivity index (χ0v) is 22.0. The molecule has 1 aliphatic heterocycles. The number of ether oxygens (including phenoxy) is 2. The van der Waals surface area contributed by atoms with Crippen molar-refractivity contribution in [3.8, 4) is 0 Å². The molecule has 0 aromatic heterocycles. The number of rotatable bonds is 19. The van der Waals surface area contributed by atoms with Gasteiger partial charge in [-0.05, 0) is 31.6 Å². The van der Waals surface area contributed by atoms with E-state index in [1.807, 2.05) is 0 Å². The maximum absolute atomic E-state index is 13.1. The van der Waals surface area contributed by atoms with Crippen LogP contribution in [0.15, 0.2) is 0 Å². The summed E-state index contributed by atoms with van der Waals surface area (Å²) in [6, 6.07) is 0. The van der Waals surface area contributed by atoms with Gasteiger partial charge in [0.2, 0.25) is 5.60 Å². The third kappa shape index (κ3) is 11.7. The highest BCUT2D eigenvalue weighted by atomic mass is 16.6. The molecule has 0 spiro atoms. The van der Waals surface area contributed by atoms with Crippen LogP contribution in [-0.2, 0) is 19.1 Å². The number of carbonyl (C=O) groups excluding carboxylic acids is 2. The first-order valence-electron chi connectivity index (χ1n) is 14.0. The van der Waals surface area contributed by atoms with Crippen LogP contribution in [-0.4, -0.2) is 34.9 Å². The molecule has 3 atom stereocenters. The van der Waals surface area contributed by atoms with E-state index in [2.05, 4.69) is 27.7 Å². The normalized spacial score (nSPS) is 23.0. The van der Waals surface area contributed by atoms with E-state index in [4.69, 9.17) is 9.47 Å². The van der Waals surface area contributed by atoms with Crippen molar-refractivity contribution in [2.75, 3.05) is 0 Å². The second kappa shape index (κ2) is 17.4. The van der Waals surface area contributed by atoms with Gasteiger partial charge in [-0.1, -0.05) is 98.3 Å².